The zero-order chi connectivity index (χ0) is 15.6. The normalized spacial score (nSPS) is 12.5. The quantitative estimate of drug-likeness (QED) is 0.770. The van der Waals surface area contributed by atoms with Gasteiger partial charge in [0, 0.05) is 10.0 Å². The Labute approximate surface area is 137 Å². The van der Waals surface area contributed by atoms with Crippen molar-refractivity contribution in [3.63, 3.8) is 0 Å². The van der Waals surface area contributed by atoms with E-state index in [2.05, 4.69) is 38.2 Å². The zero-order valence-corrected chi connectivity index (χ0v) is 14.4. The molecule has 3 heteroatoms. The summed E-state index contributed by atoms with van der Waals surface area (Å²) in [6, 6.07) is 10.4. The summed E-state index contributed by atoms with van der Waals surface area (Å²) < 4.78 is 0. The number of hydrogen-bond donors (Lipinski definition) is 1. The molecule has 2 aromatic carbocycles. The molecule has 0 radical (unpaired) electrons. The van der Waals surface area contributed by atoms with Gasteiger partial charge in [0.25, 0.3) is 0 Å². The Hall–Kier alpha value is -1.02. The van der Waals surface area contributed by atoms with Crippen molar-refractivity contribution in [3.05, 3.63) is 68.2 Å². The highest BCUT2D eigenvalue weighted by molar-refractivity contribution is 6.31. The Morgan fingerprint density at radius 1 is 0.952 bits per heavy atom. The van der Waals surface area contributed by atoms with Gasteiger partial charge in [0.1, 0.15) is 0 Å². The van der Waals surface area contributed by atoms with E-state index in [4.69, 9.17) is 23.2 Å². The second-order valence-electron chi connectivity index (χ2n) is 5.40. The van der Waals surface area contributed by atoms with Crippen molar-refractivity contribution in [1.82, 2.24) is 5.32 Å². The van der Waals surface area contributed by atoms with E-state index in [1.165, 1.54) is 16.7 Å². The molecule has 1 nitrogen and oxygen atoms in total. The number of halogens is 2. The summed E-state index contributed by atoms with van der Waals surface area (Å²) in [4.78, 5) is 0. The van der Waals surface area contributed by atoms with Gasteiger partial charge in [0.05, 0.1) is 6.04 Å². The smallest absolute Gasteiger partial charge is 0.0582 e. The molecule has 0 amide bonds. The van der Waals surface area contributed by atoms with Crippen molar-refractivity contribution in [1.29, 1.82) is 0 Å². The highest BCUT2D eigenvalue weighted by atomic mass is 35.5. The van der Waals surface area contributed by atoms with Crippen LogP contribution in [0, 0.1) is 20.8 Å². The van der Waals surface area contributed by atoms with Gasteiger partial charge in [0.2, 0.25) is 0 Å². The predicted molar refractivity (Wildman–Crippen MR) is 92.6 cm³/mol. The topological polar surface area (TPSA) is 12.0 Å². The summed E-state index contributed by atoms with van der Waals surface area (Å²) in [5.74, 6) is 0. The molecular weight excluding hydrogens is 301 g/mol. The van der Waals surface area contributed by atoms with Gasteiger partial charge in [-0.25, -0.2) is 0 Å². The second kappa shape index (κ2) is 6.83. The second-order valence-corrected chi connectivity index (χ2v) is 6.22. The maximum Gasteiger partial charge on any atom is 0.0582 e. The van der Waals surface area contributed by atoms with Crippen LogP contribution in [0.2, 0.25) is 10.0 Å². The Balaban J connectivity index is 2.59. The first kappa shape index (κ1) is 16.4. The SMILES string of the molecule is CCNC(c1cc(C)c(Cl)cc1C)c1cccc(Cl)c1C. The minimum absolute atomic E-state index is 0.129. The molecule has 0 saturated heterocycles. The molecule has 2 aromatic rings. The van der Waals surface area contributed by atoms with Gasteiger partial charge in [-0.15, -0.1) is 0 Å². The van der Waals surface area contributed by atoms with E-state index < -0.39 is 0 Å². The first-order valence-corrected chi connectivity index (χ1v) is 7.96. The molecule has 1 unspecified atom stereocenters. The van der Waals surface area contributed by atoms with Crippen molar-refractivity contribution in [3.8, 4) is 0 Å². The predicted octanol–water partition coefficient (Wildman–Crippen LogP) is 5.62. The van der Waals surface area contributed by atoms with Crippen molar-refractivity contribution in [2.24, 2.45) is 0 Å². The number of benzene rings is 2. The Kier molecular flexibility index (Phi) is 5.32. The van der Waals surface area contributed by atoms with Gasteiger partial charge in [-0.2, -0.15) is 0 Å². The molecule has 0 aliphatic rings. The Morgan fingerprint density at radius 2 is 1.67 bits per heavy atom. The molecule has 0 fully saturated rings. The van der Waals surface area contributed by atoms with Gasteiger partial charge in [0.15, 0.2) is 0 Å². The van der Waals surface area contributed by atoms with Gasteiger partial charge >= 0.3 is 0 Å². The summed E-state index contributed by atoms with van der Waals surface area (Å²) in [7, 11) is 0. The minimum Gasteiger partial charge on any atom is -0.307 e. The summed E-state index contributed by atoms with van der Waals surface area (Å²) in [5, 5.41) is 5.19. The van der Waals surface area contributed by atoms with Crippen molar-refractivity contribution in [2.45, 2.75) is 33.7 Å². The summed E-state index contributed by atoms with van der Waals surface area (Å²) in [5.41, 5.74) is 5.88. The van der Waals surface area contributed by atoms with Crippen LogP contribution in [0.5, 0.6) is 0 Å². The third kappa shape index (κ3) is 3.42. The lowest BCUT2D eigenvalue weighted by atomic mass is 9.91. The number of aryl methyl sites for hydroxylation is 2. The van der Waals surface area contributed by atoms with Crippen LogP contribution >= 0.6 is 23.2 Å². The van der Waals surface area contributed by atoms with E-state index in [1.807, 2.05) is 25.1 Å². The maximum absolute atomic E-state index is 6.29. The molecule has 0 saturated carbocycles. The monoisotopic (exact) mass is 321 g/mol. The summed E-state index contributed by atoms with van der Waals surface area (Å²) >= 11 is 12.5. The highest BCUT2D eigenvalue weighted by Gasteiger charge is 2.19. The molecule has 112 valence electrons. The molecule has 1 atom stereocenters. The van der Waals surface area contributed by atoms with Crippen LogP contribution in [-0.4, -0.2) is 6.54 Å². The zero-order valence-electron chi connectivity index (χ0n) is 12.9. The van der Waals surface area contributed by atoms with Gasteiger partial charge in [-0.1, -0.05) is 48.3 Å². The van der Waals surface area contributed by atoms with Crippen molar-refractivity contribution in [2.75, 3.05) is 6.54 Å². The van der Waals surface area contributed by atoms with Gasteiger partial charge in [-0.3, -0.25) is 0 Å². The summed E-state index contributed by atoms with van der Waals surface area (Å²) in [6.07, 6.45) is 0. The van der Waals surface area contributed by atoms with Crippen molar-refractivity contribution < 1.29 is 0 Å². The van der Waals surface area contributed by atoms with Crippen LogP contribution in [0.1, 0.15) is 40.8 Å². The number of hydrogen-bond acceptors (Lipinski definition) is 1. The third-order valence-corrected chi connectivity index (χ3v) is 4.70. The van der Waals surface area contributed by atoms with Crippen LogP contribution in [0.3, 0.4) is 0 Å². The molecule has 0 heterocycles. The molecular formula is C18H21Cl2N. The van der Waals surface area contributed by atoms with E-state index in [-0.39, 0.29) is 6.04 Å². The fourth-order valence-electron chi connectivity index (χ4n) is 2.64. The maximum atomic E-state index is 6.29. The van der Waals surface area contributed by atoms with E-state index in [9.17, 15) is 0 Å². The largest absolute Gasteiger partial charge is 0.307 e. The molecule has 0 aliphatic carbocycles. The first-order chi connectivity index (χ1) is 9.95. The fraction of sp³-hybridized carbons (Fsp3) is 0.333. The van der Waals surface area contributed by atoms with Gasteiger partial charge in [-0.05, 0) is 67.3 Å². The molecule has 1 N–H and O–H groups in total. The average molecular weight is 322 g/mol. The van der Waals surface area contributed by atoms with Gasteiger partial charge < -0.3 is 5.32 Å². The highest BCUT2D eigenvalue weighted by Crippen LogP contribution is 2.32. The van der Waals surface area contributed by atoms with E-state index in [0.29, 0.717) is 0 Å². The van der Waals surface area contributed by atoms with Crippen LogP contribution < -0.4 is 5.32 Å². The lowest BCUT2D eigenvalue weighted by Crippen LogP contribution is -2.23. The van der Waals surface area contributed by atoms with E-state index >= 15 is 0 Å². The molecule has 21 heavy (non-hydrogen) atoms. The summed E-state index contributed by atoms with van der Waals surface area (Å²) in [6.45, 7) is 9.22. The van der Waals surface area contributed by atoms with E-state index in [1.54, 1.807) is 0 Å². The minimum atomic E-state index is 0.129. The number of rotatable bonds is 4. The van der Waals surface area contributed by atoms with Crippen LogP contribution in [0.15, 0.2) is 30.3 Å². The molecule has 0 aromatic heterocycles. The van der Waals surface area contributed by atoms with Crippen molar-refractivity contribution >= 4 is 23.2 Å². The molecule has 0 spiro atoms. The van der Waals surface area contributed by atoms with Crippen LogP contribution in [0.4, 0.5) is 0 Å². The number of nitrogens with one attached hydrogen (secondary N) is 1. The fourth-order valence-corrected chi connectivity index (χ4v) is 3.04. The Bertz CT molecular complexity index is 650. The lowest BCUT2D eigenvalue weighted by molar-refractivity contribution is 0.624. The first-order valence-electron chi connectivity index (χ1n) is 7.20. The van der Waals surface area contributed by atoms with E-state index in [0.717, 1.165) is 27.7 Å². The average Bonchev–Trinajstić information content (AvgIpc) is 2.44. The molecule has 0 aliphatic heterocycles. The molecule has 0 bridgehead atoms. The Morgan fingerprint density at radius 3 is 2.33 bits per heavy atom. The van der Waals surface area contributed by atoms with Crippen LogP contribution in [-0.2, 0) is 0 Å². The standard InChI is InChI=1S/C18H21Cl2N/c1-5-21-18(14-7-6-8-16(19)13(14)4)15-9-12(3)17(20)10-11(15)2/h6-10,18,21H,5H2,1-4H3. The lowest BCUT2D eigenvalue weighted by Gasteiger charge is -2.24. The third-order valence-electron chi connectivity index (χ3n) is 3.89. The van der Waals surface area contributed by atoms with Crippen LogP contribution in [0.25, 0.3) is 0 Å². The molecule has 2 rings (SSSR count).